The predicted octanol–water partition coefficient (Wildman–Crippen LogP) is 3.26. The lowest BCUT2D eigenvalue weighted by Gasteiger charge is -2.10. The third-order valence-electron chi connectivity index (χ3n) is 4.31. The molecule has 0 aliphatic heterocycles. The summed E-state index contributed by atoms with van der Waals surface area (Å²) in [4.78, 5) is 13.3. The third-order valence-corrected chi connectivity index (χ3v) is 5.55. The molecule has 0 aliphatic rings. The van der Waals surface area contributed by atoms with E-state index in [0.717, 1.165) is 11.1 Å². The normalized spacial score (nSPS) is 11.6. The summed E-state index contributed by atoms with van der Waals surface area (Å²) < 4.78 is 23.9. The fourth-order valence-electron chi connectivity index (χ4n) is 2.91. The number of sulfone groups is 1. The Morgan fingerprint density at radius 2 is 1.83 bits per heavy atom. The van der Waals surface area contributed by atoms with Crippen LogP contribution in [0.3, 0.4) is 0 Å². The van der Waals surface area contributed by atoms with E-state index in [9.17, 15) is 8.42 Å². The van der Waals surface area contributed by atoms with E-state index in [-0.39, 0.29) is 4.90 Å². The van der Waals surface area contributed by atoms with Gasteiger partial charge >= 0.3 is 0 Å². The standard InChI is InChI=1S/C19H19N7O2S/c1-11-4-6-13(10-15(11)29(3,27)28)22-19-20-9-8-16(24-19)23-18-14-7-5-12(2)21-17(14)25-26-18/h4-10H,1-3H3,(H3,20,21,22,23,24,25,26). The molecule has 0 bridgehead atoms. The van der Waals surface area contributed by atoms with E-state index in [1.807, 2.05) is 19.1 Å². The largest absolute Gasteiger partial charge is 0.324 e. The van der Waals surface area contributed by atoms with Gasteiger partial charge in [0, 0.05) is 23.8 Å². The summed E-state index contributed by atoms with van der Waals surface area (Å²) in [6, 6.07) is 10.7. The SMILES string of the molecule is Cc1ccc2c(Nc3ccnc(Nc4ccc(C)c(S(C)(=O)=O)c4)n3)n[nH]c2n1. The molecule has 0 saturated carbocycles. The van der Waals surface area contributed by atoms with Crippen LogP contribution in [-0.4, -0.2) is 39.8 Å². The molecule has 0 fully saturated rings. The maximum Gasteiger partial charge on any atom is 0.229 e. The van der Waals surface area contributed by atoms with Gasteiger partial charge < -0.3 is 10.6 Å². The van der Waals surface area contributed by atoms with E-state index in [1.54, 1.807) is 37.4 Å². The quantitative estimate of drug-likeness (QED) is 0.459. The van der Waals surface area contributed by atoms with E-state index >= 15 is 0 Å². The minimum Gasteiger partial charge on any atom is -0.324 e. The van der Waals surface area contributed by atoms with Gasteiger partial charge in [0.2, 0.25) is 5.95 Å². The highest BCUT2D eigenvalue weighted by molar-refractivity contribution is 7.90. The number of anilines is 4. The smallest absolute Gasteiger partial charge is 0.229 e. The summed E-state index contributed by atoms with van der Waals surface area (Å²) in [6.07, 6.45) is 2.78. The van der Waals surface area contributed by atoms with Crippen molar-refractivity contribution in [3.05, 3.63) is 53.9 Å². The number of nitrogens with one attached hydrogen (secondary N) is 3. The molecule has 0 amide bonds. The van der Waals surface area contributed by atoms with Gasteiger partial charge in [-0.3, -0.25) is 5.10 Å². The topological polar surface area (TPSA) is 126 Å². The molecule has 9 nitrogen and oxygen atoms in total. The van der Waals surface area contributed by atoms with E-state index in [4.69, 9.17) is 0 Å². The van der Waals surface area contributed by atoms with Crippen LogP contribution in [0.15, 0.2) is 47.5 Å². The van der Waals surface area contributed by atoms with Gasteiger partial charge in [-0.1, -0.05) is 6.07 Å². The third kappa shape index (κ3) is 4.02. The Labute approximate surface area is 167 Å². The molecule has 0 aliphatic carbocycles. The van der Waals surface area contributed by atoms with Crippen LogP contribution < -0.4 is 10.6 Å². The maximum absolute atomic E-state index is 11.9. The summed E-state index contributed by atoms with van der Waals surface area (Å²) in [5.74, 6) is 1.46. The number of pyridine rings is 1. The van der Waals surface area contributed by atoms with E-state index < -0.39 is 9.84 Å². The Hall–Kier alpha value is -3.53. The number of aromatic nitrogens is 5. The van der Waals surface area contributed by atoms with Crippen LogP contribution in [0.4, 0.5) is 23.3 Å². The van der Waals surface area contributed by atoms with Crippen LogP contribution in [0.5, 0.6) is 0 Å². The highest BCUT2D eigenvalue weighted by atomic mass is 32.2. The second-order valence-corrected chi connectivity index (χ2v) is 8.67. The number of benzene rings is 1. The fraction of sp³-hybridized carbons (Fsp3) is 0.158. The van der Waals surface area contributed by atoms with Crippen LogP contribution in [0.2, 0.25) is 0 Å². The Balaban J connectivity index is 1.59. The van der Waals surface area contributed by atoms with Gasteiger partial charge in [0.1, 0.15) is 5.82 Å². The van der Waals surface area contributed by atoms with Crippen molar-refractivity contribution in [2.45, 2.75) is 18.7 Å². The Bertz CT molecular complexity index is 1320. The van der Waals surface area contributed by atoms with Crippen LogP contribution in [0.1, 0.15) is 11.3 Å². The highest BCUT2D eigenvalue weighted by Crippen LogP contribution is 2.24. The molecule has 4 aromatic rings. The van der Waals surface area contributed by atoms with Gasteiger partial charge in [0.15, 0.2) is 21.3 Å². The molecule has 1 aromatic carbocycles. The summed E-state index contributed by atoms with van der Waals surface area (Å²) in [5, 5.41) is 14.2. The minimum absolute atomic E-state index is 0.266. The van der Waals surface area contributed by atoms with Crippen molar-refractivity contribution in [1.82, 2.24) is 25.1 Å². The van der Waals surface area contributed by atoms with Crippen molar-refractivity contribution < 1.29 is 8.42 Å². The number of fused-ring (bicyclic) bond motifs is 1. The maximum atomic E-state index is 11.9. The molecule has 0 saturated heterocycles. The van der Waals surface area contributed by atoms with E-state index in [0.29, 0.717) is 34.5 Å². The Morgan fingerprint density at radius 1 is 1.00 bits per heavy atom. The average Bonchev–Trinajstić information content (AvgIpc) is 3.04. The monoisotopic (exact) mass is 409 g/mol. The van der Waals surface area contributed by atoms with E-state index in [2.05, 4.69) is 35.8 Å². The number of aryl methyl sites for hydroxylation is 2. The second kappa shape index (κ2) is 7.13. The van der Waals surface area contributed by atoms with Crippen LogP contribution in [0.25, 0.3) is 11.0 Å². The zero-order chi connectivity index (χ0) is 20.6. The lowest BCUT2D eigenvalue weighted by Crippen LogP contribution is -2.03. The Morgan fingerprint density at radius 3 is 2.62 bits per heavy atom. The van der Waals surface area contributed by atoms with Crippen molar-refractivity contribution in [3.8, 4) is 0 Å². The summed E-state index contributed by atoms with van der Waals surface area (Å²) in [7, 11) is -3.33. The molecule has 148 valence electrons. The molecule has 29 heavy (non-hydrogen) atoms. The summed E-state index contributed by atoms with van der Waals surface area (Å²) >= 11 is 0. The molecular formula is C19H19N7O2S. The molecule has 0 unspecified atom stereocenters. The Kier molecular flexibility index (Phi) is 4.63. The number of aromatic amines is 1. The first kappa shape index (κ1) is 18.8. The first-order chi connectivity index (χ1) is 13.8. The van der Waals surface area contributed by atoms with Crippen molar-refractivity contribution in [3.63, 3.8) is 0 Å². The molecule has 0 spiro atoms. The van der Waals surface area contributed by atoms with Gasteiger partial charge in [0.25, 0.3) is 0 Å². The van der Waals surface area contributed by atoms with Crippen molar-refractivity contribution in [2.75, 3.05) is 16.9 Å². The predicted molar refractivity (Wildman–Crippen MR) is 112 cm³/mol. The van der Waals surface area contributed by atoms with Gasteiger partial charge in [-0.15, -0.1) is 0 Å². The lowest BCUT2D eigenvalue weighted by molar-refractivity contribution is 0.601. The van der Waals surface area contributed by atoms with Gasteiger partial charge in [-0.2, -0.15) is 10.1 Å². The average molecular weight is 409 g/mol. The number of hydrogen-bond acceptors (Lipinski definition) is 8. The number of rotatable bonds is 5. The first-order valence-electron chi connectivity index (χ1n) is 8.79. The molecule has 3 aromatic heterocycles. The van der Waals surface area contributed by atoms with Crippen molar-refractivity contribution in [1.29, 1.82) is 0 Å². The number of H-pyrrole nitrogens is 1. The number of nitrogens with zero attached hydrogens (tertiary/aromatic N) is 4. The van der Waals surface area contributed by atoms with Gasteiger partial charge in [-0.25, -0.2) is 18.4 Å². The van der Waals surface area contributed by atoms with Crippen LogP contribution in [-0.2, 0) is 9.84 Å². The summed E-state index contributed by atoms with van der Waals surface area (Å²) in [6.45, 7) is 3.67. The van der Waals surface area contributed by atoms with Gasteiger partial charge in [-0.05, 0) is 49.7 Å². The molecule has 10 heteroatoms. The minimum atomic E-state index is -3.33. The molecule has 3 N–H and O–H groups in total. The van der Waals surface area contributed by atoms with Crippen LogP contribution >= 0.6 is 0 Å². The molecular weight excluding hydrogens is 390 g/mol. The second-order valence-electron chi connectivity index (χ2n) is 6.69. The molecule has 3 heterocycles. The molecule has 0 atom stereocenters. The lowest BCUT2D eigenvalue weighted by atomic mass is 10.2. The van der Waals surface area contributed by atoms with E-state index in [1.165, 1.54) is 6.26 Å². The highest BCUT2D eigenvalue weighted by Gasteiger charge is 2.12. The zero-order valence-corrected chi connectivity index (χ0v) is 16.9. The first-order valence-corrected chi connectivity index (χ1v) is 10.7. The molecule has 0 radical (unpaired) electrons. The zero-order valence-electron chi connectivity index (χ0n) is 16.1. The fourth-order valence-corrected chi connectivity index (χ4v) is 3.91. The van der Waals surface area contributed by atoms with Gasteiger partial charge in [0.05, 0.1) is 10.3 Å². The summed E-state index contributed by atoms with van der Waals surface area (Å²) in [5.41, 5.74) is 2.85. The van der Waals surface area contributed by atoms with Crippen molar-refractivity contribution in [2.24, 2.45) is 0 Å². The van der Waals surface area contributed by atoms with Crippen molar-refractivity contribution >= 4 is 44.1 Å². The number of hydrogen-bond donors (Lipinski definition) is 3. The van der Waals surface area contributed by atoms with Crippen LogP contribution in [0, 0.1) is 13.8 Å². The molecule has 4 rings (SSSR count).